The molecule has 0 radical (unpaired) electrons. The Labute approximate surface area is 316 Å². The number of amides is 6. The van der Waals surface area contributed by atoms with Gasteiger partial charge in [-0.25, -0.2) is 0 Å². The van der Waals surface area contributed by atoms with E-state index >= 15 is 0 Å². The first-order valence-corrected chi connectivity index (χ1v) is 18.1. The van der Waals surface area contributed by atoms with Gasteiger partial charge in [-0.1, -0.05) is 71.9 Å². The van der Waals surface area contributed by atoms with E-state index in [0.717, 1.165) is 0 Å². The number of primary amides is 1. The number of nitrogens with two attached hydrogens (primary N) is 2. The molecular weight excluding hydrogens is 704 g/mol. The van der Waals surface area contributed by atoms with E-state index < -0.39 is 109 Å². The molecule has 0 bridgehead atoms. The molecule has 0 heterocycles. The molecule has 1 aromatic carbocycles. The third kappa shape index (κ3) is 17.9. The third-order valence-electron chi connectivity index (χ3n) is 8.29. The molecule has 1 rings (SSSR count). The Morgan fingerprint density at radius 3 is 1.83 bits per heavy atom. The molecule has 304 valence electrons. The Bertz CT molecular complexity index is 1390. The van der Waals surface area contributed by atoms with Gasteiger partial charge in [-0.15, -0.1) is 0 Å². The highest BCUT2D eigenvalue weighted by Crippen LogP contribution is 2.11. The van der Waals surface area contributed by atoms with Crippen LogP contribution in [0.25, 0.3) is 0 Å². The lowest BCUT2D eigenvalue weighted by molar-refractivity contribution is -0.140. The summed E-state index contributed by atoms with van der Waals surface area (Å²) < 4.78 is 0. The van der Waals surface area contributed by atoms with Gasteiger partial charge >= 0.3 is 5.97 Å². The number of aliphatic hydroxyl groups excluding tert-OH is 2. The van der Waals surface area contributed by atoms with Crippen molar-refractivity contribution in [1.29, 1.82) is 0 Å². The summed E-state index contributed by atoms with van der Waals surface area (Å²) in [6.07, 6.45) is -0.997. The van der Waals surface area contributed by atoms with Crippen LogP contribution in [0.5, 0.6) is 0 Å². The highest BCUT2D eigenvalue weighted by molar-refractivity contribution is 5.96. The minimum atomic E-state index is -1.58. The Morgan fingerprint density at radius 1 is 0.741 bits per heavy atom. The normalized spacial score (nSPS) is 15.3. The SMILES string of the molecule is CC(C)CC(NC(=O)CNC(=O)[C@@H](NC(=O)[C@H](Cc1ccccc1)NC(=O)[C@H](CO)NC(=O)[C@@H](N)CC(=O)O)C(C)C)C(O)CN[C@@H](CC(C)C)C(N)=O. The van der Waals surface area contributed by atoms with Gasteiger partial charge in [0.15, 0.2) is 0 Å². The highest BCUT2D eigenvalue weighted by Gasteiger charge is 2.32. The molecule has 0 aromatic heterocycles. The maximum absolute atomic E-state index is 13.7. The van der Waals surface area contributed by atoms with E-state index in [4.69, 9.17) is 16.6 Å². The quantitative estimate of drug-likeness (QED) is 0.0498. The molecule has 0 fully saturated rings. The summed E-state index contributed by atoms with van der Waals surface area (Å²) in [5.41, 5.74) is 11.7. The zero-order valence-electron chi connectivity index (χ0n) is 32.0. The third-order valence-corrected chi connectivity index (χ3v) is 8.29. The number of carbonyl (C=O) groups excluding carboxylic acids is 6. The molecule has 18 heteroatoms. The molecule has 0 aliphatic rings. The fraction of sp³-hybridized carbons (Fsp3) is 0.639. The van der Waals surface area contributed by atoms with Gasteiger partial charge in [0, 0.05) is 13.0 Å². The summed E-state index contributed by atoms with van der Waals surface area (Å²) in [5, 5.41) is 45.1. The van der Waals surface area contributed by atoms with Crippen LogP contribution >= 0.6 is 0 Å². The van der Waals surface area contributed by atoms with Crippen molar-refractivity contribution >= 4 is 41.4 Å². The number of carboxylic acids is 1. The van der Waals surface area contributed by atoms with E-state index in [-0.39, 0.29) is 24.8 Å². The second-order valence-corrected chi connectivity index (χ2v) is 14.5. The monoisotopic (exact) mass is 764 g/mol. The average molecular weight is 765 g/mol. The number of rotatable bonds is 25. The van der Waals surface area contributed by atoms with E-state index in [1.54, 1.807) is 44.2 Å². The molecule has 13 N–H and O–H groups in total. The molecular formula is C36H60N8O10. The second kappa shape index (κ2) is 23.9. The van der Waals surface area contributed by atoms with Crippen molar-refractivity contribution in [2.45, 2.75) is 110 Å². The molecule has 54 heavy (non-hydrogen) atoms. The lowest BCUT2D eigenvalue weighted by Gasteiger charge is -2.28. The first-order valence-electron chi connectivity index (χ1n) is 18.1. The van der Waals surface area contributed by atoms with Gasteiger partial charge in [0.2, 0.25) is 35.4 Å². The molecule has 18 nitrogen and oxygen atoms in total. The lowest BCUT2D eigenvalue weighted by Crippen LogP contribution is -2.60. The van der Waals surface area contributed by atoms with Gasteiger partial charge in [-0.05, 0) is 36.2 Å². The summed E-state index contributed by atoms with van der Waals surface area (Å²) in [5.74, 6) is -6.20. The first-order chi connectivity index (χ1) is 25.2. The number of aliphatic hydroxyl groups is 2. The minimum Gasteiger partial charge on any atom is -0.481 e. The van der Waals surface area contributed by atoms with Crippen molar-refractivity contribution in [2.75, 3.05) is 19.7 Å². The number of carboxylic acid groups (broad SMARTS) is 1. The van der Waals surface area contributed by atoms with Crippen LogP contribution in [0.3, 0.4) is 0 Å². The first kappa shape index (κ1) is 47.4. The van der Waals surface area contributed by atoms with Crippen molar-refractivity contribution in [3.8, 4) is 0 Å². The number of hydrogen-bond acceptors (Lipinski definition) is 11. The van der Waals surface area contributed by atoms with E-state index in [1.165, 1.54) is 0 Å². The maximum atomic E-state index is 13.7. The predicted octanol–water partition coefficient (Wildman–Crippen LogP) is -2.37. The number of benzene rings is 1. The van der Waals surface area contributed by atoms with Crippen molar-refractivity contribution in [1.82, 2.24) is 31.9 Å². The fourth-order valence-corrected chi connectivity index (χ4v) is 5.41. The van der Waals surface area contributed by atoms with Crippen LogP contribution in [0.1, 0.15) is 66.4 Å². The summed E-state index contributed by atoms with van der Waals surface area (Å²) in [7, 11) is 0. The Hall–Kier alpha value is -4.65. The molecule has 7 atom stereocenters. The highest BCUT2D eigenvalue weighted by atomic mass is 16.4. The number of nitrogens with one attached hydrogen (secondary N) is 6. The Kier molecular flexibility index (Phi) is 21.0. The fourth-order valence-electron chi connectivity index (χ4n) is 5.41. The maximum Gasteiger partial charge on any atom is 0.305 e. The van der Waals surface area contributed by atoms with Gasteiger partial charge < -0.3 is 58.7 Å². The van der Waals surface area contributed by atoms with Crippen LogP contribution in [0.15, 0.2) is 30.3 Å². The smallest absolute Gasteiger partial charge is 0.305 e. The van der Waals surface area contributed by atoms with E-state index in [9.17, 15) is 43.8 Å². The predicted molar refractivity (Wildman–Crippen MR) is 199 cm³/mol. The molecule has 0 saturated carbocycles. The van der Waals surface area contributed by atoms with Gasteiger partial charge in [-0.3, -0.25) is 33.6 Å². The largest absolute Gasteiger partial charge is 0.481 e. The second-order valence-electron chi connectivity index (χ2n) is 14.5. The van der Waals surface area contributed by atoms with Crippen LogP contribution < -0.4 is 43.4 Å². The topological polar surface area (TPSA) is 304 Å². The van der Waals surface area contributed by atoms with Gasteiger partial charge in [0.05, 0.1) is 43.8 Å². The molecule has 0 spiro atoms. The standard InChI is InChI=1S/C36H60N8O10/c1-19(2)12-24(28(46)16-39-25(32(38)50)13-20(3)4)41-29(47)17-40-36(54)31(21(5)6)44-34(52)26(14-22-10-8-7-9-11-22)42-35(53)27(18-45)43-33(51)23(37)15-30(48)49/h7-11,19-21,23-28,31,39,45-46H,12-18,37H2,1-6H3,(H2,38,50)(H,40,54)(H,41,47)(H,42,53)(H,43,51)(H,44,52)(H,48,49)/t23-,24?,25-,26-,27-,28?,31-/m0/s1. The Balaban J connectivity index is 3.04. The summed E-state index contributed by atoms with van der Waals surface area (Å²) in [6.45, 7) is 9.61. The van der Waals surface area contributed by atoms with Crippen molar-refractivity contribution < 1.29 is 48.9 Å². The van der Waals surface area contributed by atoms with Gasteiger partial charge in [0.25, 0.3) is 0 Å². The molecule has 2 unspecified atom stereocenters. The summed E-state index contributed by atoms with van der Waals surface area (Å²) in [6, 6.07) is 1.64. The van der Waals surface area contributed by atoms with Crippen molar-refractivity contribution in [3.05, 3.63) is 35.9 Å². The van der Waals surface area contributed by atoms with Crippen molar-refractivity contribution in [2.24, 2.45) is 29.2 Å². The van der Waals surface area contributed by atoms with Crippen molar-refractivity contribution in [3.63, 3.8) is 0 Å². The molecule has 1 aromatic rings. The zero-order chi connectivity index (χ0) is 41.1. The number of hydrogen-bond donors (Lipinski definition) is 11. The van der Waals surface area contributed by atoms with E-state index in [0.29, 0.717) is 18.4 Å². The van der Waals surface area contributed by atoms with E-state index in [2.05, 4.69) is 31.9 Å². The average Bonchev–Trinajstić information content (AvgIpc) is 3.08. The minimum absolute atomic E-state index is 0.0177. The van der Waals surface area contributed by atoms with E-state index in [1.807, 2.05) is 27.7 Å². The summed E-state index contributed by atoms with van der Waals surface area (Å²) >= 11 is 0. The van der Waals surface area contributed by atoms with Gasteiger partial charge in [-0.2, -0.15) is 0 Å². The molecule has 0 aliphatic heterocycles. The Morgan fingerprint density at radius 2 is 1.31 bits per heavy atom. The van der Waals surface area contributed by atoms with Crippen LogP contribution in [0, 0.1) is 17.8 Å². The molecule has 6 amide bonds. The summed E-state index contributed by atoms with van der Waals surface area (Å²) in [4.78, 5) is 88.3. The van der Waals surface area contributed by atoms with Crippen LogP contribution in [-0.4, -0.2) is 119 Å². The van der Waals surface area contributed by atoms with Crippen LogP contribution in [0.4, 0.5) is 0 Å². The van der Waals surface area contributed by atoms with Crippen LogP contribution in [-0.2, 0) is 40.0 Å². The molecule has 0 aliphatic carbocycles. The number of aliphatic carboxylic acids is 1. The molecule has 0 saturated heterocycles. The lowest BCUT2D eigenvalue weighted by atomic mass is 9.98. The number of carbonyl (C=O) groups is 7. The van der Waals surface area contributed by atoms with Crippen LogP contribution in [0.2, 0.25) is 0 Å². The van der Waals surface area contributed by atoms with Gasteiger partial charge in [0.1, 0.15) is 18.1 Å². The zero-order valence-corrected chi connectivity index (χ0v) is 32.0.